The van der Waals surface area contributed by atoms with Crippen molar-refractivity contribution < 1.29 is 13.2 Å². The van der Waals surface area contributed by atoms with Crippen molar-refractivity contribution in [2.75, 3.05) is 11.8 Å². The van der Waals surface area contributed by atoms with Crippen molar-refractivity contribution in [2.24, 2.45) is 5.73 Å². The lowest BCUT2D eigenvalue weighted by atomic mass is 10.4. The van der Waals surface area contributed by atoms with Crippen molar-refractivity contribution in [1.82, 2.24) is 9.97 Å². The van der Waals surface area contributed by atoms with Gasteiger partial charge >= 0.3 is 0 Å². The molecule has 0 bridgehead atoms. The van der Waals surface area contributed by atoms with E-state index < -0.39 is 10.0 Å². The molecule has 0 aliphatic heterocycles. The normalized spacial score (nSPS) is 11.4. The summed E-state index contributed by atoms with van der Waals surface area (Å²) in [5, 5.41) is 0. The predicted molar refractivity (Wildman–Crippen MR) is 84.0 cm³/mol. The highest BCUT2D eigenvalue weighted by atomic mass is 79.9. The van der Waals surface area contributed by atoms with Crippen LogP contribution in [0.3, 0.4) is 0 Å². The number of aromatic nitrogens is 2. The van der Waals surface area contributed by atoms with Gasteiger partial charge in [0.2, 0.25) is 11.8 Å². The Balaban J connectivity index is 2.37. The fraction of sp³-hybridized carbons (Fsp3) is 0.273. The Hall–Kier alpha value is -1.23. The summed E-state index contributed by atoms with van der Waals surface area (Å²) < 4.78 is 32.5. The summed E-state index contributed by atoms with van der Waals surface area (Å²) in [7, 11) is -2.35. The Labute approximate surface area is 134 Å². The molecule has 0 aromatic carbocycles. The number of hydrogen-bond acceptors (Lipinski definition) is 7. The number of ether oxygens (including phenoxy) is 1. The van der Waals surface area contributed by atoms with E-state index in [0.29, 0.717) is 9.48 Å². The van der Waals surface area contributed by atoms with Gasteiger partial charge in [0.15, 0.2) is 0 Å². The highest BCUT2D eigenvalue weighted by Crippen LogP contribution is 2.32. The second-order valence-corrected chi connectivity index (χ2v) is 8.14. The predicted octanol–water partition coefficient (Wildman–Crippen LogP) is 1.88. The summed E-state index contributed by atoms with van der Waals surface area (Å²) in [5.41, 5.74) is 6.11. The first kappa shape index (κ1) is 16.1. The van der Waals surface area contributed by atoms with Crippen LogP contribution in [-0.2, 0) is 16.6 Å². The fourth-order valence-corrected chi connectivity index (χ4v) is 5.05. The molecule has 0 saturated heterocycles. The number of nitrogens with two attached hydrogens (primary N) is 1. The number of aryl methyl sites for hydroxylation is 1. The molecule has 10 heteroatoms. The minimum atomic E-state index is -3.80. The first-order valence-corrected chi connectivity index (χ1v) is 8.85. The van der Waals surface area contributed by atoms with Gasteiger partial charge in [0, 0.05) is 23.2 Å². The smallest absolute Gasteiger partial charge is 0.266 e. The van der Waals surface area contributed by atoms with E-state index in [9.17, 15) is 8.42 Å². The third kappa shape index (κ3) is 3.70. The van der Waals surface area contributed by atoms with Crippen LogP contribution in [0.5, 0.6) is 5.88 Å². The highest BCUT2D eigenvalue weighted by Gasteiger charge is 2.22. The Kier molecular flexibility index (Phi) is 4.81. The molecule has 0 amide bonds. The van der Waals surface area contributed by atoms with Gasteiger partial charge in [-0.2, -0.15) is 4.98 Å². The lowest BCUT2D eigenvalue weighted by molar-refractivity contribution is 0.397. The number of halogens is 1. The van der Waals surface area contributed by atoms with E-state index in [1.807, 2.05) is 0 Å². The first-order valence-electron chi connectivity index (χ1n) is 5.76. The molecule has 0 saturated carbocycles. The average molecular weight is 393 g/mol. The van der Waals surface area contributed by atoms with Crippen LogP contribution in [0.25, 0.3) is 0 Å². The molecule has 21 heavy (non-hydrogen) atoms. The van der Waals surface area contributed by atoms with Crippen LogP contribution in [0.15, 0.2) is 20.8 Å². The third-order valence-electron chi connectivity index (χ3n) is 2.46. The molecule has 2 heterocycles. The quantitative estimate of drug-likeness (QED) is 0.803. The van der Waals surface area contributed by atoms with Crippen LogP contribution < -0.4 is 15.2 Å². The second kappa shape index (κ2) is 6.26. The van der Waals surface area contributed by atoms with Gasteiger partial charge in [-0.15, -0.1) is 11.3 Å². The first-order chi connectivity index (χ1) is 9.85. The Morgan fingerprint density at radius 2 is 2.14 bits per heavy atom. The van der Waals surface area contributed by atoms with Gasteiger partial charge < -0.3 is 10.5 Å². The molecule has 114 valence electrons. The molecular weight excluding hydrogens is 380 g/mol. The van der Waals surface area contributed by atoms with Crippen LogP contribution in [0.1, 0.15) is 10.6 Å². The zero-order valence-corrected chi connectivity index (χ0v) is 14.5. The van der Waals surface area contributed by atoms with E-state index in [1.54, 1.807) is 13.0 Å². The zero-order chi connectivity index (χ0) is 15.6. The molecule has 2 aromatic rings. The molecule has 0 aliphatic rings. The van der Waals surface area contributed by atoms with Gasteiger partial charge in [-0.1, -0.05) is 0 Å². The van der Waals surface area contributed by atoms with Crippen LogP contribution in [0.2, 0.25) is 0 Å². The maximum atomic E-state index is 12.4. The maximum absolute atomic E-state index is 12.4. The molecule has 2 rings (SSSR count). The van der Waals surface area contributed by atoms with Crippen molar-refractivity contribution >= 4 is 43.2 Å². The van der Waals surface area contributed by atoms with Gasteiger partial charge in [-0.3, -0.25) is 0 Å². The summed E-state index contributed by atoms with van der Waals surface area (Å²) in [6.07, 6.45) is 0. The number of sulfonamides is 1. The molecule has 3 N–H and O–H groups in total. The monoisotopic (exact) mass is 392 g/mol. The zero-order valence-electron chi connectivity index (χ0n) is 11.3. The van der Waals surface area contributed by atoms with Crippen LogP contribution in [0.4, 0.5) is 5.95 Å². The number of anilines is 1. The van der Waals surface area contributed by atoms with Gasteiger partial charge in [0.05, 0.1) is 10.9 Å². The Morgan fingerprint density at radius 3 is 2.71 bits per heavy atom. The fourth-order valence-electron chi connectivity index (χ4n) is 1.55. The lowest BCUT2D eigenvalue weighted by Gasteiger charge is -2.07. The van der Waals surface area contributed by atoms with Crippen molar-refractivity contribution in [1.29, 1.82) is 0 Å². The summed E-state index contributed by atoms with van der Waals surface area (Å²) in [5.74, 6) is 0.242. The average Bonchev–Trinajstić information content (AvgIpc) is 2.79. The largest absolute Gasteiger partial charge is 0.481 e. The SMILES string of the molecule is COc1cc(C)nc(NS(=O)(=O)c2cc(CN)sc2Br)n1. The van der Waals surface area contributed by atoms with E-state index in [1.165, 1.54) is 24.5 Å². The van der Waals surface area contributed by atoms with E-state index in [0.717, 1.165) is 4.88 Å². The van der Waals surface area contributed by atoms with E-state index >= 15 is 0 Å². The molecular formula is C11H13BrN4O3S2. The number of methoxy groups -OCH3 is 1. The van der Waals surface area contributed by atoms with E-state index in [-0.39, 0.29) is 23.3 Å². The minimum absolute atomic E-state index is 0.0424. The molecule has 0 aliphatic carbocycles. The van der Waals surface area contributed by atoms with Crippen molar-refractivity contribution in [3.63, 3.8) is 0 Å². The number of rotatable bonds is 5. The van der Waals surface area contributed by atoms with Gasteiger partial charge in [0.25, 0.3) is 10.0 Å². The topological polar surface area (TPSA) is 107 Å². The molecule has 2 aromatic heterocycles. The van der Waals surface area contributed by atoms with Gasteiger partial charge in [-0.25, -0.2) is 18.1 Å². The van der Waals surface area contributed by atoms with Crippen LogP contribution >= 0.6 is 27.3 Å². The Morgan fingerprint density at radius 1 is 1.43 bits per heavy atom. The molecule has 0 radical (unpaired) electrons. The van der Waals surface area contributed by atoms with E-state index in [4.69, 9.17) is 10.5 Å². The number of nitrogens with one attached hydrogen (secondary N) is 1. The number of nitrogens with zero attached hydrogens (tertiary/aromatic N) is 2. The summed E-state index contributed by atoms with van der Waals surface area (Å²) in [4.78, 5) is 8.85. The second-order valence-electron chi connectivity index (χ2n) is 4.04. The molecule has 0 atom stereocenters. The summed E-state index contributed by atoms with van der Waals surface area (Å²) >= 11 is 4.50. The van der Waals surface area contributed by atoms with Crippen molar-refractivity contribution in [3.8, 4) is 5.88 Å². The van der Waals surface area contributed by atoms with Gasteiger partial charge in [-0.05, 0) is 28.9 Å². The summed E-state index contributed by atoms with van der Waals surface area (Å²) in [6, 6.07) is 3.12. The molecule has 0 fully saturated rings. The summed E-state index contributed by atoms with van der Waals surface area (Å²) in [6.45, 7) is 1.99. The Bertz CT molecular complexity index is 761. The van der Waals surface area contributed by atoms with Gasteiger partial charge in [0.1, 0.15) is 4.90 Å². The standard InChI is InChI=1S/C11H13BrN4O3S2/c1-6-3-9(19-2)15-11(14-6)16-21(17,18)8-4-7(5-13)20-10(8)12/h3-4H,5,13H2,1-2H3,(H,14,15,16). The third-order valence-corrected chi connectivity index (χ3v) is 6.07. The van der Waals surface area contributed by atoms with Crippen LogP contribution in [-0.4, -0.2) is 25.5 Å². The molecule has 0 spiro atoms. The van der Waals surface area contributed by atoms with Crippen LogP contribution in [0, 0.1) is 6.92 Å². The number of hydrogen-bond donors (Lipinski definition) is 2. The van der Waals surface area contributed by atoms with E-state index in [2.05, 4.69) is 30.6 Å². The number of thiophene rings is 1. The maximum Gasteiger partial charge on any atom is 0.266 e. The highest BCUT2D eigenvalue weighted by molar-refractivity contribution is 9.11. The van der Waals surface area contributed by atoms with Crippen molar-refractivity contribution in [3.05, 3.63) is 26.5 Å². The molecule has 7 nitrogen and oxygen atoms in total. The minimum Gasteiger partial charge on any atom is -0.481 e. The lowest BCUT2D eigenvalue weighted by Crippen LogP contribution is -2.15. The molecule has 0 unspecified atom stereocenters. The van der Waals surface area contributed by atoms with Crippen molar-refractivity contribution in [2.45, 2.75) is 18.4 Å².